The van der Waals surface area contributed by atoms with Gasteiger partial charge in [-0.1, -0.05) is 18.2 Å². The van der Waals surface area contributed by atoms with Crippen LogP contribution in [0.25, 0.3) is 0 Å². The summed E-state index contributed by atoms with van der Waals surface area (Å²) in [6, 6.07) is 4.52. The Hall–Kier alpha value is -1.08. The van der Waals surface area contributed by atoms with E-state index in [0.717, 1.165) is 25.1 Å². The minimum absolute atomic E-state index is 0.186. The quantitative estimate of drug-likeness (QED) is 0.932. The number of rotatable bonds is 3. The fourth-order valence-corrected chi connectivity index (χ4v) is 4.09. The molecule has 3 nitrogen and oxygen atoms in total. The number of hydrogen-bond acceptors (Lipinski definition) is 3. The second-order valence-corrected chi connectivity index (χ2v) is 7.25. The SMILES string of the molecule is O=S(=O)(Cc1cccc(C(F)(F)F)c1)C1CCCNC1. The zero-order valence-corrected chi connectivity index (χ0v) is 11.6. The molecule has 0 amide bonds. The fourth-order valence-electron chi connectivity index (χ4n) is 2.31. The number of piperidine rings is 1. The van der Waals surface area contributed by atoms with Gasteiger partial charge in [0.25, 0.3) is 0 Å². The lowest BCUT2D eigenvalue weighted by Gasteiger charge is -2.23. The third-order valence-corrected chi connectivity index (χ3v) is 5.54. The minimum Gasteiger partial charge on any atom is -0.315 e. The van der Waals surface area contributed by atoms with Gasteiger partial charge in [0.1, 0.15) is 0 Å². The molecule has 1 aromatic carbocycles. The minimum atomic E-state index is -4.45. The number of hydrogen-bond donors (Lipinski definition) is 1. The molecule has 1 unspecified atom stereocenters. The van der Waals surface area contributed by atoms with Crippen LogP contribution in [0.4, 0.5) is 13.2 Å². The monoisotopic (exact) mass is 307 g/mol. The van der Waals surface area contributed by atoms with Gasteiger partial charge in [-0.05, 0) is 31.0 Å². The molecule has 0 aromatic heterocycles. The number of nitrogens with one attached hydrogen (secondary N) is 1. The average molecular weight is 307 g/mol. The molecule has 7 heteroatoms. The lowest BCUT2D eigenvalue weighted by Crippen LogP contribution is -2.39. The third kappa shape index (κ3) is 3.73. The molecule has 2 rings (SSSR count). The molecule has 0 saturated carbocycles. The van der Waals surface area contributed by atoms with E-state index in [1.54, 1.807) is 0 Å². The van der Waals surface area contributed by atoms with E-state index in [1.807, 2.05) is 0 Å². The Balaban J connectivity index is 2.17. The van der Waals surface area contributed by atoms with Crippen LogP contribution in [0.3, 0.4) is 0 Å². The van der Waals surface area contributed by atoms with E-state index in [1.165, 1.54) is 12.1 Å². The van der Waals surface area contributed by atoms with Crippen molar-refractivity contribution in [3.63, 3.8) is 0 Å². The zero-order chi connectivity index (χ0) is 14.8. The normalized spacial score (nSPS) is 20.9. The van der Waals surface area contributed by atoms with Crippen molar-refractivity contribution in [2.45, 2.75) is 30.0 Å². The molecule has 0 radical (unpaired) electrons. The molecule has 0 spiro atoms. The Morgan fingerprint density at radius 3 is 2.65 bits per heavy atom. The van der Waals surface area contributed by atoms with Crippen molar-refractivity contribution in [2.24, 2.45) is 0 Å². The molecule has 1 heterocycles. The van der Waals surface area contributed by atoms with E-state index in [4.69, 9.17) is 0 Å². The maximum Gasteiger partial charge on any atom is 0.416 e. The van der Waals surface area contributed by atoms with Gasteiger partial charge in [0.2, 0.25) is 0 Å². The summed E-state index contributed by atoms with van der Waals surface area (Å²) in [6.07, 6.45) is -3.12. The van der Waals surface area contributed by atoms with Crippen molar-refractivity contribution in [3.8, 4) is 0 Å². The first-order chi connectivity index (χ1) is 9.29. The van der Waals surface area contributed by atoms with Gasteiger partial charge in [-0.15, -0.1) is 0 Å². The van der Waals surface area contributed by atoms with E-state index < -0.39 is 26.8 Å². The van der Waals surface area contributed by atoms with Crippen LogP contribution in [0.15, 0.2) is 24.3 Å². The van der Waals surface area contributed by atoms with Crippen LogP contribution < -0.4 is 5.32 Å². The Morgan fingerprint density at radius 1 is 1.30 bits per heavy atom. The first-order valence-electron chi connectivity index (χ1n) is 6.37. The van der Waals surface area contributed by atoms with E-state index in [0.29, 0.717) is 13.0 Å². The summed E-state index contributed by atoms with van der Waals surface area (Å²) < 4.78 is 62.2. The van der Waals surface area contributed by atoms with Crippen LogP contribution in [0.1, 0.15) is 24.0 Å². The molecule has 0 aliphatic carbocycles. The highest BCUT2D eigenvalue weighted by Gasteiger charge is 2.32. The van der Waals surface area contributed by atoms with Crippen molar-refractivity contribution in [3.05, 3.63) is 35.4 Å². The molecule has 1 saturated heterocycles. The van der Waals surface area contributed by atoms with E-state index >= 15 is 0 Å². The lowest BCUT2D eigenvalue weighted by atomic mass is 10.1. The lowest BCUT2D eigenvalue weighted by molar-refractivity contribution is -0.137. The van der Waals surface area contributed by atoms with Gasteiger partial charge in [-0.25, -0.2) is 8.42 Å². The smallest absolute Gasteiger partial charge is 0.315 e. The Kier molecular flexibility index (Phi) is 4.39. The molecular weight excluding hydrogens is 291 g/mol. The van der Waals surface area contributed by atoms with Gasteiger partial charge in [0, 0.05) is 6.54 Å². The first kappa shape index (κ1) is 15.3. The molecule has 0 bridgehead atoms. The van der Waals surface area contributed by atoms with Crippen molar-refractivity contribution >= 4 is 9.84 Å². The van der Waals surface area contributed by atoms with Gasteiger partial charge in [-0.3, -0.25) is 0 Å². The number of benzene rings is 1. The Labute approximate surface area is 116 Å². The molecule has 1 aliphatic rings. The average Bonchev–Trinajstić information content (AvgIpc) is 2.38. The van der Waals surface area contributed by atoms with Crippen LogP contribution in [0.2, 0.25) is 0 Å². The summed E-state index contributed by atoms with van der Waals surface area (Å²) in [6.45, 7) is 1.16. The largest absolute Gasteiger partial charge is 0.416 e. The highest BCUT2D eigenvalue weighted by molar-refractivity contribution is 7.91. The summed E-state index contributed by atoms with van der Waals surface area (Å²) in [5, 5.41) is 2.49. The molecule has 1 aromatic rings. The standard InChI is InChI=1S/C13H16F3NO2S/c14-13(15,16)11-4-1-3-10(7-11)9-20(18,19)12-5-2-6-17-8-12/h1,3-4,7,12,17H,2,5-6,8-9H2. The number of alkyl halides is 3. The number of halogens is 3. The predicted molar refractivity (Wildman–Crippen MR) is 70.0 cm³/mol. The fraction of sp³-hybridized carbons (Fsp3) is 0.538. The maximum absolute atomic E-state index is 12.6. The molecular formula is C13H16F3NO2S. The molecule has 112 valence electrons. The topological polar surface area (TPSA) is 46.2 Å². The third-order valence-electron chi connectivity index (χ3n) is 3.38. The Morgan fingerprint density at radius 2 is 2.05 bits per heavy atom. The summed E-state index contributed by atoms with van der Waals surface area (Å²) in [7, 11) is -3.43. The van der Waals surface area contributed by atoms with Gasteiger partial charge in [0.15, 0.2) is 9.84 Å². The van der Waals surface area contributed by atoms with Crippen molar-refractivity contribution in [1.29, 1.82) is 0 Å². The van der Waals surface area contributed by atoms with Crippen LogP contribution in [0, 0.1) is 0 Å². The van der Waals surface area contributed by atoms with Gasteiger partial charge in [-0.2, -0.15) is 13.2 Å². The molecule has 1 fully saturated rings. The van der Waals surface area contributed by atoms with Crippen molar-refractivity contribution in [2.75, 3.05) is 13.1 Å². The second-order valence-electron chi connectivity index (χ2n) is 4.97. The number of sulfone groups is 1. The van der Waals surface area contributed by atoms with Gasteiger partial charge < -0.3 is 5.32 Å². The molecule has 1 atom stereocenters. The Bertz CT molecular complexity index is 563. The van der Waals surface area contributed by atoms with Crippen molar-refractivity contribution in [1.82, 2.24) is 5.32 Å². The second kappa shape index (κ2) is 5.73. The van der Waals surface area contributed by atoms with Crippen LogP contribution in [-0.4, -0.2) is 26.8 Å². The molecule has 1 N–H and O–H groups in total. The van der Waals surface area contributed by atoms with Gasteiger partial charge >= 0.3 is 6.18 Å². The molecule has 20 heavy (non-hydrogen) atoms. The predicted octanol–water partition coefficient (Wildman–Crippen LogP) is 2.37. The van der Waals surface area contributed by atoms with Crippen LogP contribution in [-0.2, 0) is 21.8 Å². The summed E-state index contributed by atoms with van der Waals surface area (Å²) in [5.41, 5.74) is -0.627. The summed E-state index contributed by atoms with van der Waals surface area (Å²) in [4.78, 5) is 0. The van der Waals surface area contributed by atoms with E-state index in [2.05, 4.69) is 5.32 Å². The van der Waals surface area contributed by atoms with Crippen LogP contribution >= 0.6 is 0 Å². The highest BCUT2D eigenvalue weighted by Crippen LogP contribution is 2.30. The highest BCUT2D eigenvalue weighted by atomic mass is 32.2. The maximum atomic E-state index is 12.6. The van der Waals surface area contributed by atoms with E-state index in [9.17, 15) is 21.6 Å². The van der Waals surface area contributed by atoms with Crippen LogP contribution in [0.5, 0.6) is 0 Å². The molecule has 1 aliphatic heterocycles. The zero-order valence-electron chi connectivity index (χ0n) is 10.8. The summed E-state index contributed by atoms with van der Waals surface area (Å²) >= 11 is 0. The first-order valence-corrected chi connectivity index (χ1v) is 8.09. The summed E-state index contributed by atoms with van der Waals surface area (Å²) in [5.74, 6) is -0.344. The van der Waals surface area contributed by atoms with E-state index in [-0.39, 0.29) is 11.3 Å². The van der Waals surface area contributed by atoms with Gasteiger partial charge in [0.05, 0.1) is 16.6 Å². The van der Waals surface area contributed by atoms with Crippen molar-refractivity contribution < 1.29 is 21.6 Å².